The van der Waals surface area contributed by atoms with Gasteiger partial charge in [-0.25, -0.2) is 12.6 Å². The third-order valence-electron chi connectivity index (χ3n) is 3.05. The molecule has 0 saturated heterocycles. The maximum Gasteiger partial charge on any atom is 1.00 e. The van der Waals surface area contributed by atoms with E-state index in [4.69, 9.17) is 4.74 Å². The van der Waals surface area contributed by atoms with E-state index in [1.54, 1.807) is 0 Å². The van der Waals surface area contributed by atoms with Gasteiger partial charge in [0.1, 0.15) is 0 Å². The van der Waals surface area contributed by atoms with Crippen molar-refractivity contribution in [3.8, 4) is 0 Å². The molecule has 0 fully saturated rings. The fourth-order valence-corrected chi connectivity index (χ4v) is 2.39. The summed E-state index contributed by atoms with van der Waals surface area (Å²) in [5, 5.41) is 0. The van der Waals surface area contributed by atoms with Crippen LogP contribution in [0.2, 0.25) is 0 Å². The van der Waals surface area contributed by atoms with Crippen molar-refractivity contribution in [2.24, 2.45) is 0 Å². The Labute approximate surface area is 142 Å². The summed E-state index contributed by atoms with van der Waals surface area (Å²) in [6, 6.07) is 0. The van der Waals surface area contributed by atoms with E-state index in [-0.39, 0.29) is 18.9 Å². The van der Waals surface area contributed by atoms with Crippen LogP contribution in [-0.4, -0.2) is 25.9 Å². The van der Waals surface area contributed by atoms with Gasteiger partial charge in [-0.05, 0) is 12.8 Å². The molecule has 1 unspecified atom stereocenters. The Morgan fingerprint density at radius 1 is 0.905 bits per heavy atom. The second-order valence-electron chi connectivity index (χ2n) is 5.07. The fourth-order valence-electron chi connectivity index (χ4n) is 1.98. The van der Waals surface area contributed by atoms with Gasteiger partial charge in [-0.3, -0.25) is 0 Å². The third-order valence-corrected chi connectivity index (χ3v) is 3.50. The summed E-state index contributed by atoms with van der Waals surface area (Å²) in [6.07, 6.45) is 9.70. The van der Waals surface area contributed by atoms with E-state index in [0.29, 0.717) is 19.4 Å². The molecule has 0 N–H and O–H groups in total. The molecule has 0 aliphatic carbocycles. The molecule has 122 valence electrons. The quantitative estimate of drug-likeness (QED) is 0.155. The standard InChI is InChI=1S/C14H30O5S.Li/c1-3-5-6-7-8-9-10-11-13-18-14(12-4-2)19-20(15,16)17;/h14H,3-13H2,1-2H3,(H,15,16,17);/q;+1/p-1. The van der Waals surface area contributed by atoms with Crippen LogP contribution in [-0.2, 0) is 19.3 Å². The Kier molecular flexibility index (Phi) is 17.3. The largest absolute Gasteiger partial charge is 1.00 e. The average molecular weight is 316 g/mol. The van der Waals surface area contributed by atoms with Gasteiger partial charge in [0, 0.05) is 6.61 Å². The predicted molar refractivity (Wildman–Crippen MR) is 78.0 cm³/mol. The summed E-state index contributed by atoms with van der Waals surface area (Å²) in [4.78, 5) is 0. The van der Waals surface area contributed by atoms with Crippen LogP contribution in [0, 0.1) is 0 Å². The van der Waals surface area contributed by atoms with Gasteiger partial charge in [-0.1, -0.05) is 65.2 Å². The minimum atomic E-state index is -4.68. The zero-order chi connectivity index (χ0) is 15.3. The molecule has 5 nitrogen and oxygen atoms in total. The first-order chi connectivity index (χ1) is 9.49. The number of unbranched alkanes of at least 4 members (excludes halogenated alkanes) is 7. The predicted octanol–water partition coefficient (Wildman–Crippen LogP) is 0.751. The van der Waals surface area contributed by atoms with Crippen molar-refractivity contribution in [3.05, 3.63) is 0 Å². The van der Waals surface area contributed by atoms with Crippen molar-refractivity contribution in [1.82, 2.24) is 0 Å². The second kappa shape index (κ2) is 15.3. The zero-order valence-electron chi connectivity index (χ0n) is 13.8. The van der Waals surface area contributed by atoms with E-state index >= 15 is 0 Å². The van der Waals surface area contributed by atoms with Crippen molar-refractivity contribution in [2.45, 2.75) is 84.3 Å². The first-order valence-corrected chi connectivity index (χ1v) is 9.08. The summed E-state index contributed by atoms with van der Waals surface area (Å²) >= 11 is 0. The summed E-state index contributed by atoms with van der Waals surface area (Å²) in [6.45, 7) is 4.52. The number of hydrogen-bond acceptors (Lipinski definition) is 5. The first-order valence-electron chi connectivity index (χ1n) is 7.75. The maximum atomic E-state index is 10.5. The van der Waals surface area contributed by atoms with E-state index < -0.39 is 16.7 Å². The second-order valence-corrected chi connectivity index (χ2v) is 6.08. The Morgan fingerprint density at radius 2 is 1.43 bits per heavy atom. The summed E-state index contributed by atoms with van der Waals surface area (Å²) in [5.41, 5.74) is 0. The SMILES string of the molecule is CCCCCCCCCCOC(CCC)OS(=O)(=O)[O-].[Li+]. The summed E-state index contributed by atoms with van der Waals surface area (Å²) in [5.74, 6) is 0. The Balaban J connectivity index is 0. The van der Waals surface area contributed by atoms with Crippen molar-refractivity contribution in [2.75, 3.05) is 6.61 Å². The van der Waals surface area contributed by atoms with Crippen LogP contribution in [0.4, 0.5) is 0 Å². The van der Waals surface area contributed by atoms with Gasteiger partial charge in [0.05, 0.1) is 0 Å². The van der Waals surface area contributed by atoms with Gasteiger partial charge in [0.2, 0.25) is 10.4 Å². The molecule has 0 aromatic heterocycles. The van der Waals surface area contributed by atoms with Gasteiger partial charge >= 0.3 is 18.9 Å². The van der Waals surface area contributed by atoms with Gasteiger partial charge in [-0.2, -0.15) is 0 Å². The molecule has 0 radical (unpaired) electrons. The molecule has 0 bridgehead atoms. The van der Waals surface area contributed by atoms with E-state index in [0.717, 1.165) is 12.8 Å². The van der Waals surface area contributed by atoms with Gasteiger partial charge in [0.15, 0.2) is 6.29 Å². The molecule has 0 aliphatic heterocycles. The van der Waals surface area contributed by atoms with E-state index in [1.807, 2.05) is 6.92 Å². The minimum absolute atomic E-state index is 0. The maximum absolute atomic E-state index is 10.5. The van der Waals surface area contributed by atoms with E-state index in [1.165, 1.54) is 38.5 Å². The summed E-state index contributed by atoms with van der Waals surface area (Å²) < 4.78 is 41.2. The molecule has 0 aromatic carbocycles. The first kappa shape index (κ1) is 23.7. The van der Waals surface area contributed by atoms with Gasteiger partial charge < -0.3 is 9.29 Å². The average Bonchev–Trinajstić information content (AvgIpc) is 2.35. The molecule has 0 aromatic rings. The topological polar surface area (TPSA) is 75.7 Å². The van der Waals surface area contributed by atoms with E-state index in [2.05, 4.69) is 11.1 Å². The zero-order valence-corrected chi connectivity index (χ0v) is 14.6. The molecule has 21 heavy (non-hydrogen) atoms. The van der Waals surface area contributed by atoms with Gasteiger partial charge in [0.25, 0.3) is 0 Å². The fraction of sp³-hybridized carbons (Fsp3) is 1.00. The van der Waals surface area contributed by atoms with Crippen molar-refractivity contribution in [1.29, 1.82) is 0 Å². The van der Waals surface area contributed by atoms with Crippen molar-refractivity contribution >= 4 is 10.4 Å². The Hall–Kier alpha value is 0.427. The molecular formula is C14H29LiO5S. The van der Waals surface area contributed by atoms with Crippen LogP contribution in [0.1, 0.15) is 78.1 Å². The van der Waals surface area contributed by atoms with Gasteiger partial charge in [-0.15, -0.1) is 0 Å². The molecule has 0 rings (SSSR count). The van der Waals surface area contributed by atoms with Crippen LogP contribution in [0.25, 0.3) is 0 Å². The molecular weight excluding hydrogens is 287 g/mol. The summed E-state index contributed by atoms with van der Waals surface area (Å²) in [7, 11) is -4.68. The molecule has 0 saturated carbocycles. The number of rotatable bonds is 14. The number of ether oxygens (including phenoxy) is 1. The Morgan fingerprint density at radius 3 is 1.90 bits per heavy atom. The van der Waals surface area contributed by atoms with Crippen LogP contribution in [0.5, 0.6) is 0 Å². The third kappa shape index (κ3) is 18.4. The molecule has 0 aliphatic rings. The van der Waals surface area contributed by atoms with Crippen molar-refractivity contribution < 1.29 is 40.8 Å². The number of hydrogen-bond donors (Lipinski definition) is 0. The molecule has 0 heterocycles. The molecule has 0 spiro atoms. The molecule has 0 amide bonds. The van der Waals surface area contributed by atoms with Crippen molar-refractivity contribution in [3.63, 3.8) is 0 Å². The van der Waals surface area contributed by atoms with E-state index in [9.17, 15) is 13.0 Å². The monoisotopic (exact) mass is 316 g/mol. The smallest absolute Gasteiger partial charge is 0.725 e. The Bertz CT molecular complexity index is 308. The minimum Gasteiger partial charge on any atom is -0.725 e. The molecule has 1 atom stereocenters. The van der Waals surface area contributed by atoms with Crippen LogP contribution < -0.4 is 18.9 Å². The molecule has 7 heteroatoms. The van der Waals surface area contributed by atoms with Crippen LogP contribution >= 0.6 is 0 Å². The normalized spacial score (nSPS) is 12.9. The van der Waals surface area contributed by atoms with Crippen LogP contribution in [0.3, 0.4) is 0 Å². The van der Waals surface area contributed by atoms with Crippen LogP contribution in [0.15, 0.2) is 0 Å².